The second kappa shape index (κ2) is 12.4. The highest BCUT2D eigenvalue weighted by Crippen LogP contribution is 2.35. The third-order valence-corrected chi connectivity index (χ3v) is 6.81. The predicted octanol–water partition coefficient (Wildman–Crippen LogP) is 6.76. The standard InChI is InChI=1S/C26H17ClF7N5O2S/c27-17-8-4-9-18(28)22(17)23(41)35-12-20-37-38-24(39(20)15-6-3-5-14(11-15)25(29,30)31)42-13-21(40)36-19-10-2-1-7-16(19)26(32,33)34/h1-11H,12-13H2,(H,35,41)(H,36,40). The van der Waals surface area contributed by atoms with E-state index in [1.54, 1.807) is 0 Å². The smallest absolute Gasteiger partial charge is 0.345 e. The lowest BCUT2D eigenvalue weighted by molar-refractivity contribution is -0.138. The van der Waals surface area contributed by atoms with Crippen LogP contribution in [-0.4, -0.2) is 32.3 Å². The number of carbonyl (C=O) groups excluding carboxylic acids is 2. The van der Waals surface area contributed by atoms with Gasteiger partial charge in [0.1, 0.15) is 5.82 Å². The fourth-order valence-electron chi connectivity index (χ4n) is 3.71. The summed E-state index contributed by atoms with van der Waals surface area (Å²) in [6.07, 6.45) is -9.44. The Morgan fingerprint density at radius 3 is 2.31 bits per heavy atom. The van der Waals surface area contributed by atoms with Crippen LogP contribution in [0.1, 0.15) is 27.3 Å². The van der Waals surface area contributed by atoms with Crippen LogP contribution in [0, 0.1) is 5.82 Å². The number of nitrogens with zero attached hydrogens (tertiary/aromatic N) is 3. The van der Waals surface area contributed by atoms with Gasteiger partial charge in [-0.05, 0) is 42.5 Å². The zero-order chi connectivity index (χ0) is 30.7. The van der Waals surface area contributed by atoms with Crippen molar-refractivity contribution in [3.8, 4) is 5.69 Å². The van der Waals surface area contributed by atoms with Crippen LogP contribution < -0.4 is 10.6 Å². The molecule has 16 heteroatoms. The number of benzene rings is 3. The summed E-state index contributed by atoms with van der Waals surface area (Å²) in [7, 11) is 0. The lowest BCUT2D eigenvalue weighted by atomic mass is 10.1. The lowest BCUT2D eigenvalue weighted by Crippen LogP contribution is -2.26. The van der Waals surface area contributed by atoms with Gasteiger partial charge in [0.15, 0.2) is 11.0 Å². The van der Waals surface area contributed by atoms with E-state index in [1.807, 2.05) is 0 Å². The number of nitrogens with one attached hydrogen (secondary N) is 2. The van der Waals surface area contributed by atoms with Gasteiger partial charge in [-0.1, -0.05) is 47.6 Å². The molecular formula is C26H17ClF7N5O2S. The molecule has 0 aliphatic rings. The van der Waals surface area contributed by atoms with Crippen LogP contribution in [0.15, 0.2) is 71.9 Å². The van der Waals surface area contributed by atoms with Gasteiger partial charge in [-0.2, -0.15) is 26.3 Å². The Kier molecular flexibility index (Phi) is 9.11. The first-order valence-corrected chi connectivity index (χ1v) is 13.0. The van der Waals surface area contributed by atoms with Crippen LogP contribution in [0.2, 0.25) is 5.02 Å². The van der Waals surface area contributed by atoms with Crippen LogP contribution in [0.25, 0.3) is 5.69 Å². The van der Waals surface area contributed by atoms with Crippen molar-refractivity contribution in [1.82, 2.24) is 20.1 Å². The van der Waals surface area contributed by atoms with Gasteiger partial charge in [0, 0.05) is 0 Å². The molecule has 1 aromatic heterocycles. The Labute approximate surface area is 242 Å². The molecule has 2 N–H and O–H groups in total. The van der Waals surface area contributed by atoms with Crippen molar-refractivity contribution in [1.29, 1.82) is 0 Å². The highest BCUT2D eigenvalue weighted by molar-refractivity contribution is 7.99. The number of thioether (sulfide) groups is 1. The molecule has 2 amide bonds. The molecule has 0 fully saturated rings. The van der Waals surface area contributed by atoms with Gasteiger partial charge in [0.05, 0.1) is 45.4 Å². The zero-order valence-electron chi connectivity index (χ0n) is 20.9. The topological polar surface area (TPSA) is 88.9 Å². The summed E-state index contributed by atoms with van der Waals surface area (Å²) in [6, 6.07) is 11.9. The molecule has 0 saturated heterocycles. The van der Waals surface area contributed by atoms with Crippen molar-refractivity contribution >= 4 is 40.9 Å². The molecule has 42 heavy (non-hydrogen) atoms. The fourth-order valence-corrected chi connectivity index (χ4v) is 4.73. The molecular weight excluding hydrogens is 615 g/mol. The Bertz CT molecular complexity index is 1610. The van der Waals surface area contributed by atoms with Crippen molar-refractivity contribution in [2.45, 2.75) is 24.1 Å². The number of halogens is 8. The fraction of sp³-hybridized carbons (Fsp3) is 0.154. The Hall–Kier alpha value is -4.11. The third kappa shape index (κ3) is 7.20. The van der Waals surface area contributed by atoms with E-state index in [2.05, 4.69) is 20.8 Å². The first-order valence-electron chi connectivity index (χ1n) is 11.7. The average molecular weight is 632 g/mol. The summed E-state index contributed by atoms with van der Waals surface area (Å²) in [4.78, 5) is 25.1. The summed E-state index contributed by atoms with van der Waals surface area (Å²) >= 11 is 6.59. The third-order valence-electron chi connectivity index (χ3n) is 5.57. The van der Waals surface area contributed by atoms with E-state index in [1.165, 1.54) is 24.3 Å². The molecule has 220 valence electrons. The number of para-hydroxylation sites is 1. The summed E-state index contributed by atoms with van der Waals surface area (Å²) in [5.41, 5.74) is -3.11. The Balaban J connectivity index is 1.60. The van der Waals surface area contributed by atoms with Gasteiger partial charge in [-0.15, -0.1) is 10.2 Å². The van der Waals surface area contributed by atoms with Gasteiger partial charge < -0.3 is 10.6 Å². The molecule has 0 spiro atoms. The van der Waals surface area contributed by atoms with Crippen molar-refractivity contribution in [2.75, 3.05) is 11.1 Å². The highest BCUT2D eigenvalue weighted by atomic mass is 35.5. The molecule has 4 aromatic rings. The van der Waals surface area contributed by atoms with Crippen LogP contribution in [0.5, 0.6) is 0 Å². The maximum Gasteiger partial charge on any atom is 0.418 e. The predicted molar refractivity (Wildman–Crippen MR) is 140 cm³/mol. The van der Waals surface area contributed by atoms with E-state index in [9.17, 15) is 40.3 Å². The molecule has 7 nitrogen and oxygen atoms in total. The minimum absolute atomic E-state index is 0.0895. The second-order valence-corrected chi connectivity index (χ2v) is 9.79. The molecule has 1 heterocycles. The molecule has 0 atom stereocenters. The van der Waals surface area contributed by atoms with E-state index >= 15 is 0 Å². The maximum absolute atomic E-state index is 14.2. The van der Waals surface area contributed by atoms with Crippen molar-refractivity contribution in [3.05, 3.63) is 100 Å². The number of rotatable bonds is 8. The normalized spacial score (nSPS) is 11.8. The zero-order valence-corrected chi connectivity index (χ0v) is 22.4. The molecule has 0 saturated carbocycles. The second-order valence-electron chi connectivity index (χ2n) is 8.44. The van der Waals surface area contributed by atoms with Gasteiger partial charge in [-0.3, -0.25) is 14.2 Å². The Morgan fingerprint density at radius 2 is 1.62 bits per heavy atom. The van der Waals surface area contributed by atoms with Crippen LogP contribution >= 0.6 is 23.4 Å². The van der Waals surface area contributed by atoms with Gasteiger partial charge in [0.2, 0.25) is 5.91 Å². The number of aromatic nitrogens is 3. The molecule has 3 aromatic carbocycles. The maximum atomic E-state index is 14.2. The number of anilines is 1. The SMILES string of the molecule is O=C(CSc1nnc(CNC(=O)c2c(F)cccc2Cl)n1-c1cccc(C(F)(F)F)c1)Nc1ccccc1C(F)(F)F. The van der Waals surface area contributed by atoms with Gasteiger partial charge in [-0.25, -0.2) is 4.39 Å². The summed E-state index contributed by atoms with van der Waals surface area (Å²) in [5, 5.41) is 12.0. The minimum Gasteiger partial charge on any atom is -0.345 e. The summed E-state index contributed by atoms with van der Waals surface area (Å²) in [5.74, 6) is -3.30. The van der Waals surface area contributed by atoms with E-state index in [4.69, 9.17) is 11.6 Å². The van der Waals surface area contributed by atoms with Crippen LogP contribution in [0.3, 0.4) is 0 Å². The number of amides is 2. The summed E-state index contributed by atoms with van der Waals surface area (Å²) in [6.45, 7) is -0.446. The lowest BCUT2D eigenvalue weighted by Gasteiger charge is -2.14. The van der Waals surface area contributed by atoms with E-state index in [0.717, 1.165) is 47.0 Å². The number of hydrogen-bond donors (Lipinski definition) is 2. The monoisotopic (exact) mass is 631 g/mol. The van der Waals surface area contributed by atoms with E-state index in [-0.39, 0.29) is 21.7 Å². The van der Waals surface area contributed by atoms with E-state index < -0.39 is 64.7 Å². The number of carbonyl (C=O) groups is 2. The Morgan fingerprint density at radius 1 is 0.905 bits per heavy atom. The van der Waals surface area contributed by atoms with Crippen molar-refractivity contribution in [3.63, 3.8) is 0 Å². The molecule has 0 bridgehead atoms. The molecule has 0 unspecified atom stereocenters. The van der Waals surface area contributed by atoms with Crippen molar-refractivity contribution in [2.24, 2.45) is 0 Å². The first-order chi connectivity index (χ1) is 19.8. The quantitative estimate of drug-likeness (QED) is 0.166. The van der Waals surface area contributed by atoms with Crippen molar-refractivity contribution < 1.29 is 40.3 Å². The van der Waals surface area contributed by atoms with Crippen LogP contribution in [-0.2, 0) is 23.7 Å². The highest BCUT2D eigenvalue weighted by Gasteiger charge is 2.34. The molecule has 0 aliphatic carbocycles. The summed E-state index contributed by atoms with van der Waals surface area (Å²) < 4.78 is 95.4. The van der Waals surface area contributed by atoms with Gasteiger partial charge >= 0.3 is 12.4 Å². The van der Waals surface area contributed by atoms with Crippen LogP contribution in [0.4, 0.5) is 36.4 Å². The first kappa shape index (κ1) is 30.8. The molecule has 0 radical (unpaired) electrons. The molecule has 4 rings (SSSR count). The largest absolute Gasteiger partial charge is 0.418 e. The van der Waals surface area contributed by atoms with E-state index in [0.29, 0.717) is 11.8 Å². The molecule has 0 aliphatic heterocycles. The minimum atomic E-state index is -4.73. The number of alkyl halides is 6. The number of hydrogen-bond acceptors (Lipinski definition) is 5. The average Bonchev–Trinajstić information content (AvgIpc) is 3.33. The van der Waals surface area contributed by atoms with Gasteiger partial charge in [0.25, 0.3) is 5.91 Å².